The minimum Gasteiger partial charge on any atom is -0.371 e. The molecule has 0 radical (unpaired) electrons. The van der Waals surface area contributed by atoms with Gasteiger partial charge >= 0.3 is 0 Å². The Balaban J connectivity index is 2.73. The van der Waals surface area contributed by atoms with Gasteiger partial charge in [-0.2, -0.15) is 5.10 Å². The first kappa shape index (κ1) is 14.3. The van der Waals surface area contributed by atoms with Crippen LogP contribution >= 0.6 is 11.6 Å². The van der Waals surface area contributed by atoms with Crippen LogP contribution in [-0.4, -0.2) is 31.1 Å². The Morgan fingerprint density at radius 3 is 2.50 bits per heavy atom. The summed E-state index contributed by atoms with van der Waals surface area (Å²) in [6, 6.07) is 7.95. The van der Waals surface area contributed by atoms with Crippen LogP contribution in [0, 0.1) is 0 Å². The first-order chi connectivity index (χ1) is 8.67. The molecule has 4 N–H and O–H groups in total. The summed E-state index contributed by atoms with van der Waals surface area (Å²) in [7, 11) is 0. The number of rotatable bonds is 6. The van der Waals surface area contributed by atoms with E-state index in [0.717, 1.165) is 24.3 Å². The van der Waals surface area contributed by atoms with E-state index < -0.39 is 0 Å². The standard InChI is InChI=1S/C12H18ClN5/c1-2-18(8-7-13)11-5-3-10(4-6-11)9-16-17-12(14)15/h3-6,9H,2,7-8H2,1H3,(H4,14,15,17). The van der Waals surface area contributed by atoms with Crippen LogP contribution in [0.4, 0.5) is 5.69 Å². The lowest BCUT2D eigenvalue weighted by Gasteiger charge is -2.21. The highest BCUT2D eigenvalue weighted by Crippen LogP contribution is 2.14. The van der Waals surface area contributed by atoms with Crippen LogP contribution in [0.5, 0.6) is 0 Å². The van der Waals surface area contributed by atoms with Crippen LogP contribution in [0.1, 0.15) is 12.5 Å². The molecule has 0 unspecified atom stereocenters. The van der Waals surface area contributed by atoms with Crippen molar-refractivity contribution in [3.8, 4) is 0 Å². The van der Waals surface area contributed by atoms with Crippen molar-refractivity contribution in [3.05, 3.63) is 29.8 Å². The highest BCUT2D eigenvalue weighted by atomic mass is 35.5. The second kappa shape index (κ2) is 7.55. The van der Waals surface area contributed by atoms with Crippen molar-refractivity contribution in [2.45, 2.75) is 6.92 Å². The van der Waals surface area contributed by atoms with Gasteiger partial charge in [-0.05, 0) is 24.6 Å². The Morgan fingerprint density at radius 2 is 2.00 bits per heavy atom. The van der Waals surface area contributed by atoms with Crippen LogP contribution in [0.15, 0.2) is 34.5 Å². The van der Waals surface area contributed by atoms with Gasteiger partial charge in [-0.15, -0.1) is 16.7 Å². The van der Waals surface area contributed by atoms with Crippen LogP contribution in [0.3, 0.4) is 0 Å². The molecule has 0 amide bonds. The predicted molar refractivity (Wildman–Crippen MR) is 78.5 cm³/mol. The highest BCUT2D eigenvalue weighted by molar-refractivity contribution is 6.18. The van der Waals surface area contributed by atoms with Gasteiger partial charge in [0.2, 0.25) is 5.96 Å². The molecule has 5 nitrogen and oxygen atoms in total. The summed E-state index contributed by atoms with van der Waals surface area (Å²) in [4.78, 5) is 2.20. The fourth-order valence-electron chi connectivity index (χ4n) is 1.51. The Hall–Kier alpha value is -1.75. The number of halogens is 1. The summed E-state index contributed by atoms with van der Waals surface area (Å²) in [5, 5.41) is 7.29. The van der Waals surface area contributed by atoms with Crippen molar-refractivity contribution in [1.29, 1.82) is 0 Å². The van der Waals surface area contributed by atoms with E-state index in [1.54, 1.807) is 6.21 Å². The van der Waals surface area contributed by atoms with Crippen molar-refractivity contribution < 1.29 is 0 Å². The molecule has 0 spiro atoms. The van der Waals surface area contributed by atoms with Crippen molar-refractivity contribution in [3.63, 3.8) is 0 Å². The molecule has 0 aliphatic heterocycles. The zero-order chi connectivity index (χ0) is 13.4. The number of alkyl halides is 1. The molecule has 0 aliphatic carbocycles. The maximum Gasteiger partial charge on any atom is 0.211 e. The molecule has 0 aliphatic rings. The van der Waals surface area contributed by atoms with Gasteiger partial charge in [0, 0.05) is 24.7 Å². The van der Waals surface area contributed by atoms with E-state index in [9.17, 15) is 0 Å². The Bertz CT molecular complexity index is 409. The zero-order valence-corrected chi connectivity index (χ0v) is 11.1. The van der Waals surface area contributed by atoms with Crippen molar-refractivity contribution in [2.24, 2.45) is 21.7 Å². The van der Waals surface area contributed by atoms with Crippen LogP contribution in [-0.2, 0) is 0 Å². The maximum atomic E-state index is 5.75. The van der Waals surface area contributed by atoms with E-state index in [1.807, 2.05) is 24.3 Å². The molecule has 0 bridgehead atoms. The first-order valence-electron chi connectivity index (χ1n) is 5.70. The minimum atomic E-state index is -0.0536. The molecule has 0 aromatic heterocycles. The van der Waals surface area contributed by atoms with Crippen LogP contribution < -0.4 is 16.4 Å². The molecule has 18 heavy (non-hydrogen) atoms. The van der Waals surface area contributed by atoms with Crippen molar-refractivity contribution >= 4 is 29.5 Å². The summed E-state index contributed by atoms with van der Waals surface area (Å²) in [5.74, 6) is 0.559. The number of nitrogens with zero attached hydrogens (tertiary/aromatic N) is 3. The maximum absolute atomic E-state index is 5.75. The van der Waals surface area contributed by atoms with Gasteiger partial charge in [-0.3, -0.25) is 0 Å². The third kappa shape index (κ3) is 4.63. The van der Waals surface area contributed by atoms with E-state index in [0.29, 0.717) is 5.88 Å². The number of guanidine groups is 1. The normalized spacial score (nSPS) is 10.6. The quantitative estimate of drug-likeness (QED) is 0.353. The van der Waals surface area contributed by atoms with Gasteiger partial charge in [-0.1, -0.05) is 12.1 Å². The van der Waals surface area contributed by atoms with Gasteiger partial charge < -0.3 is 16.4 Å². The first-order valence-corrected chi connectivity index (χ1v) is 6.23. The molecule has 6 heteroatoms. The number of benzene rings is 1. The lowest BCUT2D eigenvalue weighted by molar-refractivity contribution is 0.870. The number of nitrogens with two attached hydrogens (primary N) is 2. The highest BCUT2D eigenvalue weighted by Gasteiger charge is 2.02. The molecule has 1 rings (SSSR count). The van der Waals surface area contributed by atoms with Crippen LogP contribution in [0.25, 0.3) is 0 Å². The number of anilines is 1. The van der Waals surface area contributed by atoms with Gasteiger partial charge in [0.1, 0.15) is 0 Å². The predicted octanol–water partition coefficient (Wildman–Crippen LogP) is 1.36. The molecular formula is C12H18ClN5. The zero-order valence-electron chi connectivity index (χ0n) is 10.4. The van der Waals surface area contributed by atoms with Crippen LogP contribution in [0.2, 0.25) is 0 Å². The molecule has 1 aromatic carbocycles. The fraction of sp³-hybridized carbons (Fsp3) is 0.333. The smallest absolute Gasteiger partial charge is 0.211 e. The monoisotopic (exact) mass is 267 g/mol. The topological polar surface area (TPSA) is 80.0 Å². The van der Waals surface area contributed by atoms with Gasteiger partial charge in [0.15, 0.2) is 0 Å². The molecule has 0 fully saturated rings. The van der Waals surface area contributed by atoms with Crippen molar-refractivity contribution in [2.75, 3.05) is 23.9 Å². The minimum absolute atomic E-state index is 0.0536. The van der Waals surface area contributed by atoms with E-state index in [1.165, 1.54) is 0 Å². The van der Waals surface area contributed by atoms with E-state index in [-0.39, 0.29) is 5.96 Å². The average Bonchev–Trinajstić information content (AvgIpc) is 2.36. The Morgan fingerprint density at radius 1 is 1.33 bits per heavy atom. The average molecular weight is 268 g/mol. The molecule has 0 atom stereocenters. The lowest BCUT2D eigenvalue weighted by Crippen LogP contribution is -2.24. The third-order valence-electron chi connectivity index (χ3n) is 2.37. The summed E-state index contributed by atoms with van der Waals surface area (Å²) >= 11 is 5.75. The summed E-state index contributed by atoms with van der Waals surface area (Å²) < 4.78 is 0. The summed E-state index contributed by atoms with van der Waals surface area (Å²) in [5.41, 5.74) is 12.4. The van der Waals surface area contributed by atoms with Crippen molar-refractivity contribution in [1.82, 2.24) is 0 Å². The molecule has 1 aromatic rings. The van der Waals surface area contributed by atoms with Gasteiger partial charge in [0.05, 0.1) is 6.21 Å². The number of hydrogen-bond donors (Lipinski definition) is 2. The Labute approximate surface area is 112 Å². The van der Waals surface area contributed by atoms with E-state index >= 15 is 0 Å². The second-order valence-corrected chi connectivity index (χ2v) is 4.01. The SMILES string of the molecule is CCN(CCCl)c1ccc(C=NN=C(N)N)cc1. The Kier molecular flexibility index (Phi) is 6.00. The summed E-state index contributed by atoms with van der Waals surface area (Å²) in [6.45, 7) is 3.86. The van der Waals surface area contributed by atoms with E-state index in [2.05, 4.69) is 22.0 Å². The van der Waals surface area contributed by atoms with Gasteiger partial charge in [-0.25, -0.2) is 0 Å². The molecule has 0 saturated carbocycles. The largest absolute Gasteiger partial charge is 0.371 e. The van der Waals surface area contributed by atoms with Gasteiger partial charge in [0.25, 0.3) is 0 Å². The summed E-state index contributed by atoms with van der Waals surface area (Å²) in [6.07, 6.45) is 1.60. The molecule has 0 saturated heterocycles. The van der Waals surface area contributed by atoms with E-state index in [4.69, 9.17) is 23.1 Å². The number of hydrogen-bond acceptors (Lipinski definition) is 3. The molecule has 0 heterocycles. The fourth-order valence-corrected chi connectivity index (χ4v) is 1.71. The third-order valence-corrected chi connectivity index (χ3v) is 2.54. The molecule has 98 valence electrons. The second-order valence-electron chi connectivity index (χ2n) is 3.63. The lowest BCUT2D eigenvalue weighted by atomic mass is 10.2. The molecular weight excluding hydrogens is 250 g/mol.